The molecule has 4 nitrogen and oxygen atoms in total. The molecule has 0 unspecified atom stereocenters. The van der Waals surface area contributed by atoms with Gasteiger partial charge >= 0.3 is 5.63 Å². The zero-order valence-electron chi connectivity index (χ0n) is 13.6. The van der Waals surface area contributed by atoms with Crippen LogP contribution in [-0.2, 0) is 5.75 Å². The number of para-hydroxylation sites is 1. The third-order valence-electron chi connectivity index (χ3n) is 3.99. The second kappa shape index (κ2) is 6.61. The van der Waals surface area contributed by atoms with E-state index in [1.165, 1.54) is 0 Å². The van der Waals surface area contributed by atoms with Gasteiger partial charge in [0.1, 0.15) is 11.3 Å². The van der Waals surface area contributed by atoms with Gasteiger partial charge in [0, 0.05) is 28.7 Å². The number of ether oxygens (including phenoxy) is 1. The Morgan fingerprint density at radius 3 is 2.84 bits per heavy atom. The molecule has 0 saturated carbocycles. The summed E-state index contributed by atoms with van der Waals surface area (Å²) in [5, 5.41) is 2.95. The molecule has 0 bridgehead atoms. The van der Waals surface area contributed by atoms with Crippen molar-refractivity contribution < 1.29 is 9.15 Å². The molecule has 25 heavy (non-hydrogen) atoms. The van der Waals surface area contributed by atoms with Gasteiger partial charge in [-0.2, -0.15) is 0 Å². The van der Waals surface area contributed by atoms with Crippen LogP contribution in [0.4, 0.5) is 0 Å². The molecule has 2 aromatic heterocycles. The number of hydrogen-bond acceptors (Lipinski definition) is 5. The lowest BCUT2D eigenvalue weighted by molar-refractivity contribution is 0.414. The van der Waals surface area contributed by atoms with Crippen LogP contribution in [-0.4, -0.2) is 12.1 Å². The van der Waals surface area contributed by atoms with Crippen LogP contribution in [0.15, 0.2) is 74.9 Å². The molecule has 0 atom stereocenters. The third-order valence-corrected chi connectivity index (χ3v) is 4.96. The van der Waals surface area contributed by atoms with Crippen LogP contribution in [0.2, 0.25) is 0 Å². The predicted molar refractivity (Wildman–Crippen MR) is 100 cm³/mol. The molecular weight excluding hydrogens is 334 g/mol. The second-order valence-electron chi connectivity index (χ2n) is 5.58. The Morgan fingerprint density at radius 2 is 1.96 bits per heavy atom. The molecule has 0 aliphatic carbocycles. The van der Waals surface area contributed by atoms with Crippen molar-refractivity contribution in [2.24, 2.45) is 0 Å². The Labute approximate surface area is 148 Å². The summed E-state index contributed by atoms with van der Waals surface area (Å²) in [5.74, 6) is 1.30. The molecule has 4 rings (SSSR count). The maximum atomic E-state index is 11.9. The van der Waals surface area contributed by atoms with Crippen molar-refractivity contribution in [3.63, 3.8) is 0 Å². The lowest BCUT2D eigenvalue weighted by atomic mass is 10.1. The summed E-state index contributed by atoms with van der Waals surface area (Å²) in [6.45, 7) is 0. The second-order valence-corrected chi connectivity index (χ2v) is 6.58. The number of benzene rings is 2. The van der Waals surface area contributed by atoms with E-state index in [0.29, 0.717) is 17.1 Å². The summed E-state index contributed by atoms with van der Waals surface area (Å²) >= 11 is 1.60. The molecule has 124 valence electrons. The highest BCUT2D eigenvalue weighted by Crippen LogP contribution is 2.28. The highest BCUT2D eigenvalue weighted by molar-refractivity contribution is 7.98. The van der Waals surface area contributed by atoms with Crippen molar-refractivity contribution in [2.75, 3.05) is 7.11 Å². The van der Waals surface area contributed by atoms with Gasteiger partial charge in [0.05, 0.1) is 17.7 Å². The minimum Gasteiger partial charge on any atom is -0.497 e. The average Bonchev–Trinajstić information content (AvgIpc) is 2.65. The monoisotopic (exact) mass is 349 g/mol. The quantitative estimate of drug-likeness (QED) is 0.397. The largest absolute Gasteiger partial charge is 0.497 e. The summed E-state index contributed by atoms with van der Waals surface area (Å²) < 4.78 is 10.5. The van der Waals surface area contributed by atoms with Crippen molar-refractivity contribution in [1.82, 2.24) is 4.98 Å². The molecule has 0 fully saturated rings. The number of thioether (sulfide) groups is 1. The third kappa shape index (κ3) is 3.23. The summed E-state index contributed by atoms with van der Waals surface area (Å²) in [6, 6.07) is 19.1. The normalized spacial score (nSPS) is 11.1. The van der Waals surface area contributed by atoms with E-state index >= 15 is 0 Å². The van der Waals surface area contributed by atoms with Gasteiger partial charge in [-0.05, 0) is 29.8 Å². The van der Waals surface area contributed by atoms with Gasteiger partial charge in [-0.25, -0.2) is 9.78 Å². The molecule has 2 aromatic carbocycles. The number of pyridine rings is 1. The fourth-order valence-corrected chi connectivity index (χ4v) is 3.61. The maximum absolute atomic E-state index is 11.9. The Morgan fingerprint density at radius 1 is 1.08 bits per heavy atom. The molecule has 0 N–H and O–H groups in total. The average molecular weight is 349 g/mol. The van der Waals surface area contributed by atoms with Crippen molar-refractivity contribution >= 4 is 33.6 Å². The van der Waals surface area contributed by atoms with Gasteiger partial charge in [-0.1, -0.05) is 24.3 Å². The zero-order valence-corrected chi connectivity index (χ0v) is 14.4. The zero-order chi connectivity index (χ0) is 17.2. The van der Waals surface area contributed by atoms with E-state index in [-0.39, 0.29) is 5.63 Å². The summed E-state index contributed by atoms with van der Waals surface area (Å²) in [5.41, 5.74) is 2.07. The standard InChI is InChI=1S/C20H15NO3S/c1-23-15-7-8-16-14(10-20(22)24-18(16)11-15)12-25-19-9-6-13-4-2-3-5-17(13)21-19/h2-11H,12H2,1H3. The van der Waals surface area contributed by atoms with Crippen molar-refractivity contribution in [1.29, 1.82) is 0 Å². The Kier molecular flexibility index (Phi) is 4.15. The molecule has 4 aromatic rings. The van der Waals surface area contributed by atoms with Crippen LogP contribution in [0.25, 0.3) is 21.9 Å². The van der Waals surface area contributed by atoms with Gasteiger partial charge in [0.15, 0.2) is 0 Å². The van der Waals surface area contributed by atoms with Crippen LogP contribution in [0, 0.1) is 0 Å². The van der Waals surface area contributed by atoms with E-state index in [9.17, 15) is 4.79 Å². The SMILES string of the molecule is COc1ccc2c(CSc3ccc4ccccc4n3)cc(=O)oc2c1. The van der Waals surface area contributed by atoms with Gasteiger partial charge < -0.3 is 9.15 Å². The number of hydrogen-bond donors (Lipinski definition) is 0. The Balaban J connectivity index is 1.66. The lowest BCUT2D eigenvalue weighted by Gasteiger charge is -2.07. The van der Waals surface area contributed by atoms with E-state index in [0.717, 1.165) is 26.9 Å². The van der Waals surface area contributed by atoms with Crippen molar-refractivity contribution in [3.05, 3.63) is 76.6 Å². The Bertz CT molecular complexity index is 1120. The van der Waals surface area contributed by atoms with E-state index in [1.807, 2.05) is 42.5 Å². The maximum Gasteiger partial charge on any atom is 0.336 e. The first-order valence-corrected chi connectivity index (χ1v) is 8.81. The van der Waals surface area contributed by atoms with Gasteiger partial charge in [0.25, 0.3) is 0 Å². The minimum absolute atomic E-state index is 0.358. The first-order valence-electron chi connectivity index (χ1n) is 7.82. The molecule has 0 aliphatic rings. The summed E-state index contributed by atoms with van der Waals surface area (Å²) in [4.78, 5) is 16.5. The van der Waals surface area contributed by atoms with Crippen LogP contribution >= 0.6 is 11.8 Å². The molecular formula is C20H15NO3S. The summed E-state index contributed by atoms with van der Waals surface area (Å²) in [7, 11) is 1.59. The topological polar surface area (TPSA) is 52.3 Å². The van der Waals surface area contributed by atoms with Crippen LogP contribution in [0.5, 0.6) is 5.75 Å². The van der Waals surface area contributed by atoms with E-state index in [1.54, 1.807) is 31.0 Å². The fraction of sp³-hybridized carbons (Fsp3) is 0.100. The minimum atomic E-state index is -0.358. The Hall–Kier alpha value is -2.79. The smallest absolute Gasteiger partial charge is 0.336 e. The van der Waals surface area contributed by atoms with Gasteiger partial charge in [0.2, 0.25) is 0 Å². The van der Waals surface area contributed by atoms with Crippen LogP contribution in [0.3, 0.4) is 0 Å². The number of nitrogens with zero attached hydrogens (tertiary/aromatic N) is 1. The lowest BCUT2D eigenvalue weighted by Crippen LogP contribution is -2.00. The molecule has 0 amide bonds. The molecule has 0 aliphatic heterocycles. The number of fused-ring (bicyclic) bond motifs is 2. The van der Waals surface area contributed by atoms with Gasteiger partial charge in [-0.3, -0.25) is 0 Å². The van der Waals surface area contributed by atoms with Crippen LogP contribution in [0.1, 0.15) is 5.56 Å². The summed E-state index contributed by atoms with van der Waals surface area (Å²) in [6.07, 6.45) is 0. The first kappa shape index (κ1) is 15.7. The van der Waals surface area contributed by atoms with E-state index in [4.69, 9.17) is 9.15 Å². The van der Waals surface area contributed by atoms with Crippen LogP contribution < -0.4 is 10.4 Å². The van der Waals surface area contributed by atoms with E-state index in [2.05, 4.69) is 11.1 Å². The first-order chi connectivity index (χ1) is 12.2. The fourth-order valence-electron chi connectivity index (χ4n) is 2.74. The number of rotatable bonds is 4. The van der Waals surface area contributed by atoms with Gasteiger partial charge in [-0.15, -0.1) is 11.8 Å². The molecule has 5 heteroatoms. The highest BCUT2D eigenvalue weighted by Gasteiger charge is 2.08. The molecule has 0 radical (unpaired) electrons. The van der Waals surface area contributed by atoms with Crippen molar-refractivity contribution in [3.8, 4) is 5.75 Å². The molecule has 0 spiro atoms. The number of methoxy groups -OCH3 is 1. The number of aromatic nitrogens is 1. The molecule has 0 saturated heterocycles. The molecule has 2 heterocycles. The predicted octanol–water partition coefficient (Wildman–Crippen LogP) is 4.64. The van der Waals surface area contributed by atoms with E-state index < -0.39 is 0 Å². The van der Waals surface area contributed by atoms with Crippen molar-refractivity contribution in [2.45, 2.75) is 10.8 Å². The highest BCUT2D eigenvalue weighted by atomic mass is 32.2.